The molecule has 0 radical (unpaired) electrons. The van der Waals surface area contributed by atoms with Gasteiger partial charge in [-0.05, 0) is 50.9 Å². The zero-order chi connectivity index (χ0) is 17.9. The first-order chi connectivity index (χ1) is 12.7. The molecule has 0 spiro atoms. The van der Waals surface area contributed by atoms with Crippen LogP contribution in [-0.2, 0) is 13.0 Å². The SMILES string of the molecule is Cc1csc(Cn2nc(CC3CCNCC3)n(-c3ccccc3)c2=O)n1.Cl. The second kappa shape index (κ2) is 8.82. The molecule has 0 atom stereocenters. The number of nitrogens with zero attached hydrogens (tertiary/aromatic N) is 4. The molecule has 1 saturated heterocycles. The molecular formula is C19H24ClN5OS. The fourth-order valence-corrected chi connectivity index (χ4v) is 4.22. The summed E-state index contributed by atoms with van der Waals surface area (Å²) in [5.74, 6) is 1.41. The van der Waals surface area contributed by atoms with Gasteiger partial charge < -0.3 is 5.32 Å². The molecule has 1 aliphatic rings. The molecule has 0 saturated carbocycles. The zero-order valence-electron chi connectivity index (χ0n) is 15.3. The Balaban J connectivity index is 0.00000210. The van der Waals surface area contributed by atoms with E-state index in [0.29, 0.717) is 12.5 Å². The van der Waals surface area contributed by atoms with Crippen LogP contribution in [0.3, 0.4) is 0 Å². The van der Waals surface area contributed by atoms with E-state index in [1.807, 2.05) is 42.6 Å². The molecule has 4 rings (SSSR count). The van der Waals surface area contributed by atoms with Crippen LogP contribution in [-0.4, -0.2) is 32.4 Å². The standard InChI is InChI=1S/C19H23N5OS.ClH/c1-14-13-26-18(21-14)12-23-19(25)24(16-5-3-2-4-6-16)17(22-23)11-15-7-9-20-10-8-15;/h2-6,13,15,20H,7-12H2,1H3;1H. The summed E-state index contributed by atoms with van der Waals surface area (Å²) in [6.07, 6.45) is 3.08. The monoisotopic (exact) mass is 405 g/mol. The number of rotatable bonds is 5. The van der Waals surface area contributed by atoms with E-state index in [1.54, 1.807) is 20.6 Å². The van der Waals surface area contributed by atoms with Crippen LogP contribution in [0.15, 0.2) is 40.5 Å². The smallest absolute Gasteiger partial charge is 0.317 e. The molecule has 6 nitrogen and oxygen atoms in total. The molecule has 0 amide bonds. The lowest BCUT2D eigenvalue weighted by Gasteiger charge is -2.22. The van der Waals surface area contributed by atoms with Gasteiger partial charge in [0, 0.05) is 17.5 Å². The highest BCUT2D eigenvalue weighted by Gasteiger charge is 2.21. The molecule has 0 unspecified atom stereocenters. The molecular weight excluding hydrogens is 382 g/mol. The van der Waals surface area contributed by atoms with E-state index in [4.69, 9.17) is 5.10 Å². The highest BCUT2D eigenvalue weighted by atomic mass is 35.5. The Morgan fingerprint density at radius 1 is 1.22 bits per heavy atom. The van der Waals surface area contributed by atoms with Crippen molar-refractivity contribution >= 4 is 23.7 Å². The molecule has 3 aromatic rings. The number of benzene rings is 1. The summed E-state index contributed by atoms with van der Waals surface area (Å²) in [5.41, 5.74) is 1.77. The van der Waals surface area contributed by atoms with Gasteiger partial charge in [-0.2, -0.15) is 5.10 Å². The molecule has 144 valence electrons. The van der Waals surface area contributed by atoms with E-state index >= 15 is 0 Å². The lowest BCUT2D eigenvalue weighted by atomic mass is 9.94. The summed E-state index contributed by atoms with van der Waals surface area (Å²) in [4.78, 5) is 17.5. The number of hydrogen-bond donors (Lipinski definition) is 1. The Morgan fingerprint density at radius 3 is 2.63 bits per heavy atom. The van der Waals surface area contributed by atoms with Gasteiger partial charge in [0.15, 0.2) is 0 Å². The average Bonchev–Trinajstić information content (AvgIpc) is 3.20. The van der Waals surface area contributed by atoms with E-state index in [2.05, 4.69) is 10.3 Å². The molecule has 2 aromatic heterocycles. The Morgan fingerprint density at radius 2 is 1.96 bits per heavy atom. The molecule has 8 heteroatoms. The quantitative estimate of drug-likeness (QED) is 0.708. The number of aromatic nitrogens is 4. The van der Waals surface area contributed by atoms with Crippen LogP contribution >= 0.6 is 23.7 Å². The average molecular weight is 406 g/mol. The molecule has 3 heterocycles. The van der Waals surface area contributed by atoms with Crippen LogP contribution < -0.4 is 11.0 Å². The van der Waals surface area contributed by atoms with Crippen molar-refractivity contribution in [3.8, 4) is 5.69 Å². The summed E-state index contributed by atoms with van der Waals surface area (Å²) in [6.45, 7) is 4.48. The molecule has 1 N–H and O–H groups in total. The van der Waals surface area contributed by atoms with Crippen LogP contribution in [0.4, 0.5) is 0 Å². The minimum absolute atomic E-state index is 0. The summed E-state index contributed by atoms with van der Waals surface area (Å²) >= 11 is 1.57. The normalized spacial score (nSPS) is 14.9. The van der Waals surface area contributed by atoms with Gasteiger partial charge in [-0.15, -0.1) is 23.7 Å². The van der Waals surface area contributed by atoms with Crippen LogP contribution in [0, 0.1) is 12.8 Å². The third-order valence-electron chi connectivity index (χ3n) is 4.80. The van der Waals surface area contributed by atoms with E-state index in [1.165, 1.54) is 0 Å². The number of halogens is 1. The van der Waals surface area contributed by atoms with Crippen molar-refractivity contribution in [2.24, 2.45) is 5.92 Å². The van der Waals surface area contributed by atoms with E-state index in [-0.39, 0.29) is 18.1 Å². The molecule has 0 bridgehead atoms. The number of thiazole rings is 1. The first-order valence-corrected chi connectivity index (χ1v) is 9.94. The number of hydrogen-bond acceptors (Lipinski definition) is 5. The van der Waals surface area contributed by atoms with Crippen molar-refractivity contribution in [3.63, 3.8) is 0 Å². The number of aryl methyl sites for hydroxylation is 1. The Kier molecular flexibility index (Phi) is 6.46. The maximum Gasteiger partial charge on any atom is 0.350 e. The fraction of sp³-hybridized carbons (Fsp3) is 0.421. The van der Waals surface area contributed by atoms with Crippen LogP contribution in [0.2, 0.25) is 0 Å². The summed E-state index contributed by atoms with van der Waals surface area (Å²) in [5, 5.41) is 11.0. The minimum atomic E-state index is -0.0898. The predicted octanol–water partition coefficient (Wildman–Crippen LogP) is 2.81. The molecule has 0 aliphatic carbocycles. The van der Waals surface area contributed by atoms with Crippen molar-refractivity contribution in [1.82, 2.24) is 24.6 Å². The van der Waals surface area contributed by atoms with Gasteiger partial charge in [-0.3, -0.25) is 0 Å². The van der Waals surface area contributed by atoms with Gasteiger partial charge in [0.1, 0.15) is 10.8 Å². The van der Waals surface area contributed by atoms with Gasteiger partial charge in [0.05, 0.1) is 12.2 Å². The minimum Gasteiger partial charge on any atom is -0.317 e. The Labute approximate surface area is 168 Å². The Hall–Kier alpha value is -1.96. The summed E-state index contributed by atoms with van der Waals surface area (Å²) in [6, 6.07) is 9.80. The van der Waals surface area contributed by atoms with Crippen LogP contribution in [0.25, 0.3) is 5.69 Å². The van der Waals surface area contributed by atoms with Crippen LogP contribution in [0.5, 0.6) is 0 Å². The van der Waals surface area contributed by atoms with Crippen molar-refractivity contribution in [3.05, 3.63) is 62.7 Å². The van der Waals surface area contributed by atoms with E-state index in [0.717, 1.165) is 54.6 Å². The summed E-state index contributed by atoms with van der Waals surface area (Å²) < 4.78 is 3.32. The highest BCUT2D eigenvalue weighted by molar-refractivity contribution is 7.09. The number of para-hydroxylation sites is 1. The number of piperidine rings is 1. The highest BCUT2D eigenvalue weighted by Crippen LogP contribution is 2.19. The molecule has 27 heavy (non-hydrogen) atoms. The van der Waals surface area contributed by atoms with Gasteiger partial charge in [0.2, 0.25) is 0 Å². The topological polar surface area (TPSA) is 64.7 Å². The first kappa shape index (κ1) is 19.8. The third kappa shape index (κ3) is 4.48. The second-order valence-electron chi connectivity index (χ2n) is 6.81. The lowest BCUT2D eigenvalue weighted by Crippen LogP contribution is -2.29. The fourth-order valence-electron chi connectivity index (χ4n) is 3.47. The largest absolute Gasteiger partial charge is 0.350 e. The molecule has 1 aromatic carbocycles. The molecule has 1 aliphatic heterocycles. The zero-order valence-corrected chi connectivity index (χ0v) is 16.9. The van der Waals surface area contributed by atoms with Crippen molar-refractivity contribution in [1.29, 1.82) is 0 Å². The van der Waals surface area contributed by atoms with E-state index in [9.17, 15) is 4.79 Å². The van der Waals surface area contributed by atoms with Gasteiger partial charge in [0.25, 0.3) is 0 Å². The predicted molar refractivity (Wildman–Crippen MR) is 110 cm³/mol. The molecule has 1 fully saturated rings. The van der Waals surface area contributed by atoms with Crippen molar-refractivity contribution in [2.45, 2.75) is 32.7 Å². The summed E-state index contributed by atoms with van der Waals surface area (Å²) in [7, 11) is 0. The van der Waals surface area contributed by atoms with Crippen LogP contribution in [0.1, 0.15) is 29.4 Å². The van der Waals surface area contributed by atoms with Crippen molar-refractivity contribution < 1.29 is 0 Å². The first-order valence-electron chi connectivity index (χ1n) is 9.06. The van der Waals surface area contributed by atoms with Gasteiger partial charge in [-0.1, -0.05) is 18.2 Å². The van der Waals surface area contributed by atoms with Crippen molar-refractivity contribution in [2.75, 3.05) is 13.1 Å². The van der Waals surface area contributed by atoms with Gasteiger partial charge in [-0.25, -0.2) is 19.0 Å². The lowest BCUT2D eigenvalue weighted by molar-refractivity contribution is 0.365. The third-order valence-corrected chi connectivity index (χ3v) is 5.75. The second-order valence-corrected chi connectivity index (χ2v) is 7.75. The Bertz CT molecular complexity index is 927. The maximum absolute atomic E-state index is 13.1. The van der Waals surface area contributed by atoms with E-state index < -0.39 is 0 Å². The van der Waals surface area contributed by atoms with Gasteiger partial charge >= 0.3 is 5.69 Å². The maximum atomic E-state index is 13.1. The number of nitrogens with one attached hydrogen (secondary N) is 1.